The van der Waals surface area contributed by atoms with Crippen molar-refractivity contribution in [3.8, 4) is 0 Å². The van der Waals surface area contributed by atoms with Crippen LogP contribution >= 0.6 is 0 Å². The first-order chi connectivity index (χ1) is 20.2. The monoisotopic (exact) mass is 598 g/mol. The van der Waals surface area contributed by atoms with Crippen LogP contribution in [0.25, 0.3) is 0 Å². The summed E-state index contributed by atoms with van der Waals surface area (Å²) in [5.41, 5.74) is 0.163. The molecule has 0 radical (unpaired) electrons. The summed E-state index contributed by atoms with van der Waals surface area (Å²) in [6.07, 6.45) is 15.0. The molecule has 0 N–H and O–H groups in total. The summed E-state index contributed by atoms with van der Waals surface area (Å²) < 4.78 is 21.4. The van der Waals surface area contributed by atoms with Gasteiger partial charge in [0.1, 0.15) is 11.2 Å². The number of carbonyl (C=O) groups excluding carboxylic acids is 4. The Morgan fingerprint density at radius 1 is 0.651 bits per heavy atom. The van der Waals surface area contributed by atoms with E-state index >= 15 is 0 Å². The van der Waals surface area contributed by atoms with Gasteiger partial charge in [0.05, 0.1) is 0 Å². The minimum absolute atomic E-state index is 0.313. The van der Waals surface area contributed by atoms with Gasteiger partial charge in [0, 0.05) is 12.2 Å². The molecule has 8 bridgehead atoms. The summed E-state index contributed by atoms with van der Waals surface area (Å²) in [7, 11) is 0. The van der Waals surface area contributed by atoms with E-state index in [1.807, 2.05) is 0 Å². The number of carbonyl (C=O) groups is 4. The van der Waals surface area contributed by atoms with Crippen LogP contribution in [0.15, 0.2) is 25.3 Å². The van der Waals surface area contributed by atoms with Gasteiger partial charge in [0.25, 0.3) is 0 Å². The first-order valence-electron chi connectivity index (χ1n) is 16.3. The number of hydrogen-bond acceptors (Lipinski definition) is 8. The fourth-order valence-electron chi connectivity index (χ4n) is 10.9. The van der Waals surface area contributed by atoms with Crippen LogP contribution in [0.2, 0.25) is 0 Å². The van der Waals surface area contributed by atoms with Crippen LogP contribution in [0.3, 0.4) is 0 Å². The third-order valence-electron chi connectivity index (χ3n) is 12.2. The molecule has 0 amide bonds. The fourth-order valence-corrected chi connectivity index (χ4v) is 10.9. The molecule has 0 heterocycles. The van der Waals surface area contributed by atoms with Crippen molar-refractivity contribution in [3.63, 3.8) is 0 Å². The van der Waals surface area contributed by atoms with E-state index in [0.29, 0.717) is 34.5 Å². The van der Waals surface area contributed by atoms with Gasteiger partial charge in [-0.2, -0.15) is 0 Å². The molecule has 0 aromatic heterocycles. The molecule has 4 atom stereocenters. The van der Waals surface area contributed by atoms with E-state index in [4.69, 9.17) is 18.9 Å². The van der Waals surface area contributed by atoms with Crippen LogP contribution in [0, 0.1) is 46.3 Å². The Balaban J connectivity index is 0.000000171. The van der Waals surface area contributed by atoms with Crippen molar-refractivity contribution < 1.29 is 38.1 Å². The normalized spacial score (nSPS) is 42.7. The van der Waals surface area contributed by atoms with Gasteiger partial charge in [0.2, 0.25) is 0 Å². The highest BCUT2D eigenvalue weighted by Crippen LogP contribution is 2.66. The topological polar surface area (TPSA) is 105 Å². The zero-order valence-corrected chi connectivity index (χ0v) is 26.5. The Labute approximate surface area is 256 Å². The molecule has 43 heavy (non-hydrogen) atoms. The largest absolute Gasteiger partial charge is 0.456 e. The zero-order chi connectivity index (χ0) is 31.2. The molecule has 0 aliphatic heterocycles. The molecule has 0 aromatic carbocycles. The minimum atomic E-state index is -0.588. The van der Waals surface area contributed by atoms with Crippen LogP contribution < -0.4 is 0 Å². The average molecular weight is 599 g/mol. The summed E-state index contributed by atoms with van der Waals surface area (Å²) in [6.45, 7) is 15.0. The fraction of sp³-hybridized carbons (Fsp3) is 0.771. The highest BCUT2D eigenvalue weighted by atomic mass is 16.6. The Morgan fingerprint density at radius 2 is 1.05 bits per heavy atom. The van der Waals surface area contributed by atoms with Gasteiger partial charge in [-0.05, 0) is 124 Å². The molecule has 0 aromatic rings. The molecular weight excluding hydrogens is 548 g/mol. The predicted octanol–water partition coefficient (Wildman–Crippen LogP) is 6.12. The van der Waals surface area contributed by atoms with Crippen molar-refractivity contribution in [3.05, 3.63) is 25.3 Å². The maximum absolute atomic E-state index is 12.2. The Hall–Kier alpha value is -2.64. The summed E-state index contributed by atoms with van der Waals surface area (Å²) in [4.78, 5) is 46.3. The Kier molecular flexibility index (Phi) is 8.65. The van der Waals surface area contributed by atoms with Crippen LogP contribution in [0.1, 0.15) is 98.3 Å². The van der Waals surface area contributed by atoms with Crippen LogP contribution in [0.4, 0.5) is 0 Å². The smallest absolute Gasteiger partial charge is 0.344 e. The zero-order valence-electron chi connectivity index (χ0n) is 26.5. The van der Waals surface area contributed by atoms with Crippen LogP contribution in [0.5, 0.6) is 0 Å². The second-order valence-corrected chi connectivity index (χ2v) is 15.4. The lowest BCUT2D eigenvalue weighted by molar-refractivity contribution is -0.226. The number of ether oxygens (including phenoxy) is 4. The van der Waals surface area contributed by atoms with E-state index in [0.717, 1.165) is 56.1 Å². The van der Waals surface area contributed by atoms with E-state index in [9.17, 15) is 19.2 Å². The highest BCUT2D eigenvalue weighted by Gasteiger charge is 2.62. The summed E-state index contributed by atoms with van der Waals surface area (Å²) in [5, 5.41) is 0. The molecule has 8 fully saturated rings. The van der Waals surface area contributed by atoms with Crippen molar-refractivity contribution in [1.29, 1.82) is 0 Å². The first kappa shape index (κ1) is 31.8. The molecule has 0 spiro atoms. The molecule has 8 aliphatic rings. The maximum Gasteiger partial charge on any atom is 0.344 e. The van der Waals surface area contributed by atoms with E-state index in [1.54, 1.807) is 0 Å². The van der Waals surface area contributed by atoms with Gasteiger partial charge in [-0.3, -0.25) is 0 Å². The van der Waals surface area contributed by atoms with E-state index < -0.39 is 23.9 Å². The van der Waals surface area contributed by atoms with Crippen molar-refractivity contribution in [2.24, 2.45) is 46.3 Å². The van der Waals surface area contributed by atoms with Gasteiger partial charge >= 0.3 is 23.9 Å². The first-order valence-corrected chi connectivity index (χ1v) is 16.3. The van der Waals surface area contributed by atoms with Crippen molar-refractivity contribution in [1.82, 2.24) is 0 Å². The molecule has 8 rings (SSSR count). The van der Waals surface area contributed by atoms with E-state index in [2.05, 4.69) is 40.9 Å². The predicted molar refractivity (Wildman–Crippen MR) is 159 cm³/mol. The van der Waals surface area contributed by atoms with Gasteiger partial charge < -0.3 is 18.9 Å². The molecular formula is C35H50O8. The quantitative estimate of drug-likeness (QED) is 0.178. The van der Waals surface area contributed by atoms with Gasteiger partial charge in [0.15, 0.2) is 13.2 Å². The molecule has 238 valence electrons. The molecule has 8 saturated carbocycles. The second-order valence-electron chi connectivity index (χ2n) is 15.4. The number of esters is 4. The van der Waals surface area contributed by atoms with Gasteiger partial charge in [-0.15, -0.1) is 0 Å². The lowest BCUT2D eigenvalue weighted by atomic mass is 9.44. The van der Waals surface area contributed by atoms with Crippen LogP contribution in [-0.4, -0.2) is 48.3 Å². The number of rotatable bonds is 9. The Bertz CT molecular complexity index is 1120. The van der Waals surface area contributed by atoms with E-state index in [-0.39, 0.29) is 24.4 Å². The summed E-state index contributed by atoms with van der Waals surface area (Å²) in [5.74, 6) is 1.41. The van der Waals surface area contributed by atoms with Crippen molar-refractivity contribution in [2.45, 2.75) is 110 Å². The maximum atomic E-state index is 12.2. The third kappa shape index (κ3) is 6.17. The van der Waals surface area contributed by atoms with Crippen molar-refractivity contribution in [2.75, 3.05) is 13.2 Å². The molecule has 8 heteroatoms. The standard InChI is InChI=1S/C18H26O4.C17H24O4/c1-4-15(19)21-11-16(20)22-18(5-2)13-6-12-7-14(18)10-17(3,8-12)9-13;1-4-14(18)20-10-15(19)21-17(3)12-5-11-6-13(17)9-16(2,7-11)8-12/h4,12-14H,1,5-11H2,2-3H3;4,11-13H,1,5-10H2,2-3H3. The third-order valence-corrected chi connectivity index (χ3v) is 12.2. The van der Waals surface area contributed by atoms with Gasteiger partial charge in [-0.25, -0.2) is 19.2 Å². The molecule has 8 aliphatic carbocycles. The molecule has 4 unspecified atom stereocenters. The van der Waals surface area contributed by atoms with E-state index in [1.165, 1.54) is 38.5 Å². The summed E-state index contributed by atoms with van der Waals surface area (Å²) in [6, 6.07) is 0. The van der Waals surface area contributed by atoms with Crippen LogP contribution in [-0.2, 0) is 38.1 Å². The van der Waals surface area contributed by atoms with Gasteiger partial charge in [-0.1, -0.05) is 33.9 Å². The molecule has 8 nitrogen and oxygen atoms in total. The SMILES string of the molecule is C=CC(=O)OCC(=O)OC1(C)C2CC3CC1CC(C)(C3)C2.C=CC(=O)OCC(=O)OC1(CC)C2CC3CC1CC(C)(C3)C2. The minimum Gasteiger partial charge on any atom is -0.456 e. The number of hydrogen-bond donors (Lipinski definition) is 0. The molecule has 0 saturated heterocycles. The van der Waals surface area contributed by atoms with Crippen molar-refractivity contribution >= 4 is 23.9 Å². The lowest BCUT2D eigenvalue weighted by Crippen LogP contribution is -2.62. The highest BCUT2D eigenvalue weighted by molar-refractivity contribution is 5.84. The Morgan fingerprint density at radius 3 is 1.44 bits per heavy atom. The summed E-state index contributed by atoms with van der Waals surface area (Å²) >= 11 is 0. The average Bonchev–Trinajstić information content (AvgIpc) is 2.94. The lowest BCUT2D eigenvalue weighted by Gasteiger charge is -2.63. The second kappa shape index (κ2) is 11.7.